The first-order valence-corrected chi connectivity index (χ1v) is 10.7. The zero-order valence-electron chi connectivity index (χ0n) is 17.1. The number of hydrogen-bond acceptors (Lipinski definition) is 6. The molecule has 154 valence electrons. The van der Waals surface area contributed by atoms with Crippen LogP contribution in [0.4, 0.5) is 5.69 Å². The van der Waals surface area contributed by atoms with Crippen molar-refractivity contribution in [2.45, 2.75) is 29.1 Å². The number of benzene rings is 2. The number of methoxy groups -OCH3 is 1. The highest BCUT2D eigenvalue weighted by Gasteiger charge is 2.23. The van der Waals surface area contributed by atoms with Crippen LogP contribution in [0.2, 0.25) is 0 Å². The Morgan fingerprint density at radius 1 is 1.27 bits per heavy atom. The molecule has 0 fully saturated rings. The Labute approximate surface area is 180 Å². The van der Waals surface area contributed by atoms with Crippen LogP contribution in [0.5, 0.6) is 5.75 Å². The van der Waals surface area contributed by atoms with E-state index in [-0.39, 0.29) is 11.9 Å². The van der Waals surface area contributed by atoms with Crippen molar-refractivity contribution in [1.82, 2.24) is 4.98 Å². The van der Waals surface area contributed by atoms with Crippen molar-refractivity contribution in [1.29, 1.82) is 0 Å². The highest BCUT2D eigenvalue weighted by Crippen LogP contribution is 2.39. The number of hydrogen-bond donors (Lipinski definition) is 1. The van der Waals surface area contributed by atoms with E-state index in [2.05, 4.69) is 59.7 Å². The summed E-state index contributed by atoms with van der Waals surface area (Å²) in [6.07, 6.45) is 4.17. The number of ether oxygens (including phenoxy) is 2. The largest absolute Gasteiger partial charge is 0.493 e. The summed E-state index contributed by atoms with van der Waals surface area (Å²) >= 11 is 1.75. The molecule has 1 aliphatic heterocycles. The first kappa shape index (κ1) is 20.3. The van der Waals surface area contributed by atoms with Crippen LogP contribution in [0, 0.1) is 6.92 Å². The van der Waals surface area contributed by atoms with Gasteiger partial charge in [-0.2, -0.15) is 0 Å². The Balaban J connectivity index is 1.50. The molecule has 0 saturated carbocycles. The van der Waals surface area contributed by atoms with Gasteiger partial charge in [0.25, 0.3) is 0 Å². The molecule has 0 saturated heterocycles. The Kier molecular flexibility index (Phi) is 6.23. The molecule has 0 spiro atoms. The minimum absolute atomic E-state index is 0.289. The molecule has 3 aromatic rings. The number of esters is 1. The fourth-order valence-corrected chi connectivity index (χ4v) is 4.51. The summed E-state index contributed by atoms with van der Waals surface area (Å²) in [4.78, 5) is 18.5. The van der Waals surface area contributed by atoms with Crippen molar-refractivity contribution in [3.8, 4) is 5.75 Å². The molecule has 5 nitrogen and oxygen atoms in total. The van der Waals surface area contributed by atoms with Crippen LogP contribution in [-0.2, 0) is 4.74 Å². The average molecular weight is 421 g/mol. The molecule has 1 N–H and O–H groups in total. The smallest absolute Gasteiger partial charge is 0.340 e. The number of aryl methyl sites for hydroxylation is 1. The van der Waals surface area contributed by atoms with E-state index in [4.69, 9.17) is 9.47 Å². The number of rotatable bonds is 6. The fraction of sp³-hybridized carbons (Fsp3) is 0.250. The van der Waals surface area contributed by atoms with E-state index in [0.29, 0.717) is 24.4 Å². The van der Waals surface area contributed by atoms with E-state index in [1.165, 1.54) is 23.1 Å². The number of aromatic nitrogens is 1. The topological polar surface area (TPSA) is 60.5 Å². The summed E-state index contributed by atoms with van der Waals surface area (Å²) in [5.74, 6) is 0.855. The molecule has 6 heteroatoms. The number of nitrogens with zero attached hydrogens (tertiary/aromatic N) is 1. The third kappa shape index (κ3) is 4.44. The molecular weight excluding hydrogens is 396 g/mol. The Bertz CT molecular complexity index is 1050. The van der Waals surface area contributed by atoms with Gasteiger partial charge >= 0.3 is 5.97 Å². The summed E-state index contributed by atoms with van der Waals surface area (Å²) in [5, 5.41) is 3.38. The molecule has 4 rings (SSSR count). The molecule has 0 radical (unpaired) electrons. The number of carbonyl (C=O) groups excluding carboxylic acids is 1. The molecule has 0 bridgehead atoms. The van der Waals surface area contributed by atoms with Gasteiger partial charge in [0.05, 0.1) is 31.2 Å². The average Bonchev–Trinajstić information content (AvgIpc) is 2.78. The van der Waals surface area contributed by atoms with Crippen LogP contribution in [-0.4, -0.2) is 31.2 Å². The van der Waals surface area contributed by atoms with Crippen LogP contribution >= 0.6 is 11.8 Å². The molecule has 0 aliphatic carbocycles. The highest BCUT2D eigenvalue weighted by atomic mass is 32.2. The second-order valence-corrected chi connectivity index (χ2v) is 8.31. The summed E-state index contributed by atoms with van der Waals surface area (Å²) in [7, 11) is 1.38. The monoisotopic (exact) mass is 420 g/mol. The van der Waals surface area contributed by atoms with E-state index in [1.807, 2.05) is 0 Å². The van der Waals surface area contributed by atoms with Crippen LogP contribution < -0.4 is 10.1 Å². The second kappa shape index (κ2) is 9.22. The zero-order chi connectivity index (χ0) is 20.9. The summed E-state index contributed by atoms with van der Waals surface area (Å²) in [6, 6.07) is 16.5. The van der Waals surface area contributed by atoms with Gasteiger partial charge in [-0.05, 0) is 48.7 Å². The molecule has 2 heterocycles. The normalized spacial score (nSPS) is 15.1. The third-order valence-corrected chi connectivity index (χ3v) is 6.40. The zero-order valence-corrected chi connectivity index (χ0v) is 17.9. The van der Waals surface area contributed by atoms with E-state index < -0.39 is 0 Å². The van der Waals surface area contributed by atoms with Gasteiger partial charge in [-0.3, -0.25) is 4.98 Å². The van der Waals surface area contributed by atoms with Gasteiger partial charge in [0.1, 0.15) is 5.75 Å². The van der Waals surface area contributed by atoms with Gasteiger partial charge in [-0.1, -0.05) is 36.0 Å². The first-order valence-electron chi connectivity index (χ1n) is 9.92. The number of anilines is 1. The van der Waals surface area contributed by atoms with Crippen molar-refractivity contribution < 1.29 is 14.3 Å². The number of nitrogens with one attached hydrogen (secondary N) is 1. The molecule has 1 atom stereocenters. The molecule has 1 aromatic heterocycles. The fourth-order valence-electron chi connectivity index (χ4n) is 3.57. The first-order chi connectivity index (χ1) is 14.7. The van der Waals surface area contributed by atoms with Crippen LogP contribution in [0.15, 0.2) is 70.7 Å². The standard InChI is InChI=1S/C24H24N2O3S/c1-16-5-3-4-6-23(16)30-18-7-8-19-17(10-12-29-22(19)13-18)14-26-21-15-25-11-9-20(21)24(27)28-2/h3-9,11,13,15,17,26H,10,12,14H2,1-2H3/t17-/m1/s1. The number of fused-ring (bicyclic) bond motifs is 1. The maximum absolute atomic E-state index is 12.0. The Morgan fingerprint density at radius 2 is 2.13 bits per heavy atom. The lowest BCUT2D eigenvalue weighted by Crippen LogP contribution is -2.21. The minimum Gasteiger partial charge on any atom is -0.493 e. The lowest BCUT2D eigenvalue weighted by molar-refractivity contribution is 0.0601. The summed E-state index contributed by atoms with van der Waals surface area (Å²) in [5.41, 5.74) is 3.63. The SMILES string of the molecule is COC(=O)c1ccncc1NC[C@H]1CCOc2cc(Sc3ccccc3C)ccc21. The quantitative estimate of drug-likeness (QED) is 0.546. The maximum Gasteiger partial charge on any atom is 0.340 e. The van der Waals surface area contributed by atoms with Gasteiger partial charge in [0.15, 0.2) is 0 Å². The van der Waals surface area contributed by atoms with Gasteiger partial charge in [0, 0.05) is 28.5 Å². The molecule has 0 unspecified atom stereocenters. The van der Waals surface area contributed by atoms with Crippen molar-refractivity contribution in [3.63, 3.8) is 0 Å². The van der Waals surface area contributed by atoms with Crippen molar-refractivity contribution in [2.75, 3.05) is 25.6 Å². The summed E-state index contributed by atoms with van der Waals surface area (Å²) < 4.78 is 10.8. The van der Waals surface area contributed by atoms with Crippen molar-refractivity contribution in [2.24, 2.45) is 0 Å². The molecular formula is C24H24N2O3S. The molecule has 0 amide bonds. The van der Waals surface area contributed by atoms with E-state index in [0.717, 1.165) is 17.1 Å². The molecule has 2 aromatic carbocycles. The minimum atomic E-state index is -0.370. The number of pyridine rings is 1. The maximum atomic E-state index is 12.0. The third-order valence-electron chi connectivity index (χ3n) is 5.24. The predicted octanol–water partition coefficient (Wildman–Crippen LogP) is 5.31. The second-order valence-electron chi connectivity index (χ2n) is 7.19. The molecule has 30 heavy (non-hydrogen) atoms. The van der Waals surface area contributed by atoms with E-state index in [9.17, 15) is 4.79 Å². The van der Waals surface area contributed by atoms with E-state index in [1.54, 1.807) is 30.2 Å². The molecule has 1 aliphatic rings. The Hall–Kier alpha value is -2.99. The van der Waals surface area contributed by atoms with Crippen molar-refractivity contribution in [3.05, 3.63) is 77.6 Å². The van der Waals surface area contributed by atoms with Crippen LogP contribution in [0.1, 0.15) is 33.8 Å². The Morgan fingerprint density at radius 3 is 2.97 bits per heavy atom. The van der Waals surface area contributed by atoms with Crippen LogP contribution in [0.3, 0.4) is 0 Å². The number of carbonyl (C=O) groups is 1. The lowest BCUT2D eigenvalue weighted by atomic mass is 9.93. The van der Waals surface area contributed by atoms with E-state index >= 15 is 0 Å². The highest BCUT2D eigenvalue weighted by molar-refractivity contribution is 7.99. The van der Waals surface area contributed by atoms with Gasteiger partial charge in [-0.15, -0.1) is 0 Å². The van der Waals surface area contributed by atoms with Crippen molar-refractivity contribution >= 4 is 23.4 Å². The predicted molar refractivity (Wildman–Crippen MR) is 119 cm³/mol. The summed E-state index contributed by atoms with van der Waals surface area (Å²) in [6.45, 7) is 3.49. The van der Waals surface area contributed by atoms with Gasteiger partial charge in [0.2, 0.25) is 0 Å². The van der Waals surface area contributed by atoms with Gasteiger partial charge < -0.3 is 14.8 Å². The lowest BCUT2D eigenvalue weighted by Gasteiger charge is -2.27. The van der Waals surface area contributed by atoms with Crippen LogP contribution in [0.25, 0.3) is 0 Å². The van der Waals surface area contributed by atoms with Gasteiger partial charge in [-0.25, -0.2) is 4.79 Å².